The van der Waals surface area contributed by atoms with E-state index in [2.05, 4.69) is 72.5 Å². The normalized spacial score (nSPS) is 12.3. The summed E-state index contributed by atoms with van der Waals surface area (Å²) in [6.45, 7) is 9.01. The van der Waals surface area contributed by atoms with Crippen molar-refractivity contribution in [3.63, 3.8) is 0 Å². The fourth-order valence-electron chi connectivity index (χ4n) is 4.74. The number of aromatic amines is 1. The Bertz CT molecular complexity index is 1470. The molecular weight excluding hydrogens is 462 g/mol. The van der Waals surface area contributed by atoms with E-state index in [9.17, 15) is 4.39 Å². The van der Waals surface area contributed by atoms with E-state index in [-0.39, 0.29) is 19.2 Å². The molecule has 4 nitrogen and oxygen atoms in total. The Morgan fingerprint density at radius 3 is 2.47 bits per heavy atom. The first kappa shape index (κ1) is 23.1. The van der Waals surface area contributed by atoms with Crippen LogP contribution in [0.15, 0.2) is 60.9 Å². The van der Waals surface area contributed by atoms with Gasteiger partial charge in [0.15, 0.2) is 0 Å². The van der Waals surface area contributed by atoms with Crippen LogP contribution in [0.2, 0.25) is 0 Å². The van der Waals surface area contributed by atoms with Crippen LogP contribution >= 0.6 is 19.7 Å². The predicted octanol–water partition coefficient (Wildman–Crippen LogP) is 6.72. The monoisotopic (exact) mass is 490 g/mol. The third kappa shape index (κ3) is 3.93. The molecule has 0 radical (unpaired) electrons. The van der Waals surface area contributed by atoms with Gasteiger partial charge in [-0.05, 0) is 62.0 Å². The molecule has 0 saturated carbocycles. The molecule has 0 amide bonds. The van der Waals surface area contributed by atoms with E-state index in [0.717, 1.165) is 44.2 Å². The molecule has 34 heavy (non-hydrogen) atoms. The highest BCUT2D eigenvalue weighted by atomic mass is 32.2. The van der Waals surface area contributed by atoms with E-state index in [1.807, 2.05) is 36.3 Å². The Kier molecular flexibility index (Phi) is 5.99. The molecule has 0 aliphatic carbocycles. The number of nitrogens with one attached hydrogen (secondary N) is 1. The summed E-state index contributed by atoms with van der Waals surface area (Å²) in [4.78, 5) is 4.82. The van der Waals surface area contributed by atoms with E-state index >= 15 is 0 Å². The van der Waals surface area contributed by atoms with Crippen molar-refractivity contribution >= 4 is 46.9 Å². The molecule has 3 aromatic heterocycles. The van der Waals surface area contributed by atoms with Crippen LogP contribution in [-0.2, 0) is 5.41 Å². The van der Waals surface area contributed by atoms with Gasteiger partial charge in [0.1, 0.15) is 5.82 Å². The van der Waals surface area contributed by atoms with Gasteiger partial charge in [-0.2, -0.15) is 16.9 Å². The number of rotatable bonds is 6. The van der Waals surface area contributed by atoms with Gasteiger partial charge in [-0.15, -0.1) is 0 Å². The second-order valence-corrected chi connectivity index (χ2v) is 12.6. The molecule has 0 unspecified atom stereocenters. The quantitative estimate of drug-likeness (QED) is 0.269. The van der Waals surface area contributed by atoms with Crippen LogP contribution in [-0.4, -0.2) is 45.1 Å². The largest absolute Gasteiger partial charge is 0.312 e. The van der Waals surface area contributed by atoms with Crippen molar-refractivity contribution in [2.75, 3.05) is 25.3 Å². The molecule has 0 aliphatic rings. The highest BCUT2D eigenvalue weighted by Gasteiger charge is 2.32. The van der Waals surface area contributed by atoms with Crippen LogP contribution in [0, 0.1) is 5.82 Å². The highest BCUT2D eigenvalue weighted by Crippen LogP contribution is 2.44. The molecule has 174 valence electrons. The van der Waals surface area contributed by atoms with E-state index in [4.69, 9.17) is 4.98 Å². The fourth-order valence-corrected chi connectivity index (χ4v) is 6.26. The minimum absolute atomic E-state index is 0.158. The molecule has 0 saturated heterocycles. The van der Waals surface area contributed by atoms with Crippen LogP contribution in [0.4, 0.5) is 4.39 Å². The van der Waals surface area contributed by atoms with Gasteiger partial charge < -0.3 is 4.57 Å². The highest BCUT2D eigenvalue weighted by molar-refractivity contribution is 7.98. The lowest BCUT2D eigenvalue weighted by atomic mass is 9.86. The first-order valence-corrected chi connectivity index (χ1v) is 14.8. The topological polar surface area (TPSA) is 46.5 Å². The second kappa shape index (κ2) is 8.83. The van der Waals surface area contributed by atoms with Crippen molar-refractivity contribution in [1.29, 1.82) is 0 Å². The van der Waals surface area contributed by atoms with Gasteiger partial charge in [0.2, 0.25) is 0 Å². The average molecular weight is 491 g/mol. The fraction of sp³-hybridized carbons (Fsp3) is 0.259. The number of halogens is 1. The minimum atomic E-state index is -0.267. The number of aromatic nitrogens is 4. The smallest absolute Gasteiger partial charge is 0.123 e. The number of benzene rings is 2. The number of thioether (sulfide) groups is 1. The van der Waals surface area contributed by atoms with Crippen molar-refractivity contribution in [2.45, 2.75) is 19.3 Å². The Balaban J connectivity index is 1.92. The Hall–Kier alpha value is -2.69. The van der Waals surface area contributed by atoms with Gasteiger partial charge in [-0.1, -0.05) is 27.8 Å². The van der Waals surface area contributed by atoms with Crippen LogP contribution in [0.1, 0.15) is 19.5 Å². The van der Waals surface area contributed by atoms with E-state index < -0.39 is 0 Å². The summed E-state index contributed by atoms with van der Waals surface area (Å²) in [6.07, 6.45) is 6.00. The second-order valence-electron chi connectivity index (χ2n) is 9.48. The lowest BCUT2D eigenvalue weighted by molar-refractivity contribution is 0.572. The lowest BCUT2D eigenvalue weighted by Gasteiger charge is -2.28. The first-order chi connectivity index (χ1) is 16.3. The summed E-state index contributed by atoms with van der Waals surface area (Å²) >= 11 is 1.83. The molecule has 5 aromatic rings. The molecule has 0 bridgehead atoms. The van der Waals surface area contributed by atoms with Crippen LogP contribution in [0.5, 0.6) is 0 Å². The zero-order chi connectivity index (χ0) is 24.0. The lowest BCUT2D eigenvalue weighted by Crippen LogP contribution is -2.25. The maximum Gasteiger partial charge on any atom is 0.123 e. The number of pyridine rings is 1. The molecule has 2 aromatic carbocycles. The van der Waals surface area contributed by atoms with E-state index in [1.54, 1.807) is 0 Å². The Morgan fingerprint density at radius 2 is 1.82 bits per heavy atom. The molecule has 0 spiro atoms. The van der Waals surface area contributed by atoms with Gasteiger partial charge >= 0.3 is 0 Å². The maximum atomic E-state index is 13.9. The molecule has 1 N–H and O–H groups in total. The van der Waals surface area contributed by atoms with Crippen molar-refractivity contribution in [3.8, 4) is 16.8 Å². The third-order valence-electron chi connectivity index (χ3n) is 6.25. The number of hydrogen-bond acceptors (Lipinski definition) is 3. The van der Waals surface area contributed by atoms with Gasteiger partial charge in [0, 0.05) is 50.6 Å². The zero-order valence-electron chi connectivity index (χ0n) is 20.1. The van der Waals surface area contributed by atoms with Crippen molar-refractivity contribution in [3.05, 3.63) is 72.4 Å². The van der Waals surface area contributed by atoms with Gasteiger partial charge in [-0.3, -0.25) is 10.1 Å². The summed E-state index contributed by atoms with van der Waals surface area (Å²) in [7, 11) is -0.267. The SMILES string of the molecule is CSCC(C)(C)c1c(-c2ccc(P(C)C)nc2)c2cc3[nH]ncc3cc2n1-c1ccc(F)cc1. The van der Waals surface area contributed by atoms with Crippen molar-refractivity contribution < 1.29 is 4.39 Å². The van der Waals surface area contributed by atoms with Gasteiger partial charge in [0.05, 0.1) is 22.7 Å². The van der Waals surface area contributed by atoms with Crippen molar-refractivity contribution in [1.82, 2.24) is 19.7 Å². The Morgan fingerprint density at radius 1 is 1.06 bits per heavy atom. The number of fused-ring (bicyclic) bond motifs is 2. The van der Waals surface area contributed by atoms with Gasteiger partial charge in [-0.25, -0.2) is 4.39 Å². The van der Waals surface area contributed by atoms with Gasteiger partial charge in [0.25, 0.3) is 0 Å². The number of nitrogens with zero attached hydrogens (tertiary/aromatic N) is 3. The predicted molar refractivity (Wildman–Crippen MR) is 146 cm³/mol. The molecular formula is C27H28FN4PS. The summed E-state index contributed by atoms with van der Waals surface area (Å²) in [5.74, 6) is 0.704. The summed E-state index contributed by atoms with van der Waals surface area (Å²) in [5.41, 5.74) is 7.47. The zero-order valence-corrected chi connectivity index (χ0v) is 21.8. The summed E-state index contributed by atoms with van der Waals surface area (Å²) in [6, 6.07) is 15.5. The maximum absolute atomic E-state index is 13.9. The average Bonchev–Trinajstić information content (AvgIpc) is 3.40. The summed E-state index contributed by atoms with van der Waals surface area (Å²) < 4.78 is 16.2. The molecule has 7 heteroatoms. The van der Waals surface area contributed by atoms with Crippen LogP contribution in [0.25, 0.3) is 38.6 Å². The molecule has 0 fully saturated rings. The summed E-state index contributed by atoms with van der Waals surface area (Å²) in [5, 5.41) is 9.56. The molecule has 0 aliphatic heterocycles. The Labute approximate surface area is 204 Å². The number of H-pyrrole nitrogens is 1. The first-order valence-electron chi connectivity index (χ1n) is 11.2. The van der Waals surface area contributed by atoms with Crippen LogP contribution in [0.3, 0.4) is 0 Å². The van der Waals surface area contributed by atoms with E-state index in [0.29, 0.717) is 0 Å². The van der Waals surface area contributed by atoms with Crippen LogP contribution < -0.4 is 5.44 Å². The number of hydrogen-bond donors (Lipinski definition) is 1. The molecule has 0 atom stereocenters. The van der Waals surface area contributed by atoms with E-state index in [1.165, 1.54) is 23.4 Å². The minimum Gasteiger partial charge on any atom is -0.312 e. The standard InChI is InChI=1S/C27H28FN4PS/c1-27(2,16-34-5)26-25(17-6-11-24(29-14-17)33(3)4)21-13-22-18(15-30-31-22)12-23(21)32(26)20-9-7-19(28)8-10-20/h6-15H,16H2,1-5H3,(H,30,31). The molecule has 5 rings (SSSR count). The molecule has 3 heterocycles. The third-order valence-corrected chi connectivity index (χ3v) is 8.44. The van der Waals surface area contributed by atoms with Crippen molar-refractivity contribution in [2.24, 2.45) is 0 Å².